The third kappa shape index (κ3) is 4.81. The van der Waals surface area contributed by atoms with Crippen molar-refractivity contribution in [3.05, 3.63) is 0 Å². The van der Waals surface area contributed by atoms with Gasteiger partial charge in [0.25, 0.3) is 0 Å². The summed E-state index contributed by atoms with van der Waals surface area (Å²) in [6, 6.07) is 0. The summed E-state index contributed by atoms with van der Waals surface area (Å²) in [6.45, 7) is 0.630. The number of primary amides is 1. The molecule has 0 aromatic carbocycles. The quantitative estimate of drug-likeness (QED) is 0.407. The molecule has 0 aromatic heterocycles. The highest BCUT2D eigenvalue weighted by Crippen LogP contribution is 2.23. The fourth-order valence-corrected chi connectivity index (χ4v) is 1.99. The van der Waals surface area contributed by atoms with Crippen molar-refractivity contribution < 1.29 is 4.79 Å². The molecule has 86 valence electrons. The van der Waals surface area contributed by atoms with Gasteiger partial charge in [-0.25, -0.2) is 0 Å². The van der Waals surface area contributed by atoms with Crippen LogP contribution in [0.4, 0.5) is 0 Å². The summed E-state index contributed by atoms with van der Waals surface area (Å²) in [5.74, 6) is 0.993. The van der Waals surface area contributed by atoms with E-state index in [4.69, 9.17) is 11.5 Å². The number of rotatable bonds is 5. The van der Waals surface area contributed by atoms with Gasteiger partial charge in [-0.05, 0) is 19.3 Å². The Balaban J connectivity index is 2.22. The Bertz CT molecular complexity index is 232. The van der Waals surface area contributed by atoms with Gasteiger partial charge >= 0.3 is 0 Å². The molecule has 4 nitrogen and oxygen atoms in total. The molecule has 0 unspecified atom stereocenters. The topological polar surface area (TPSA) is 81.5 Å². The summed E-state index contributed by atoms with van der Waals surface area (Å²) >= 11 is 0. The molecular formula is C11H21N3O. The molecule has 0 spiro atoms. The van der Waals surface area contributed by atoms with Gasteiger partial charge in [-0.3, -0.25) is 9.79 Å². The first-order valence-corrected chi connectivity index (χ1v) is 5.78. The minimum atomic E-state index is -0.263. The predicted octanol–water partition coefficient (Wildman–Crippen LogP) is 1.19. The minimum Gasteiger partial charge on any atom is -0.387 e. The third-order valence-electron chi connectivity index (χ3n) is 2.90. The monoisotopic (exact) mass is 211 g/mol. The maximum atomic E-state index is 10.5. The van der Waals surface area contributed by atoms with E-state index < -0.39 is 0 Å². The molecule has 0 atom stereocenters. The number of carbonyl (C=O) groups excluding carboxylic acids is 1. The van der Waals surface area contributed by atoms with Gasteiger partial charge in [0.1, 0.15) is 0 Å². The van der Waals surface area contributed by atoms with Crippen LogP contribution in [0.25, 0.3) is 0 Å². The van der Waals surface area contributed by atoms with Crippen LogP contribution in [-0.4, -0.2) is 18.3 Å². The van der Waals surface area contributed by atoms with Crippen LogP contribution in [0.2, 0.25) is 0 Å². The zero-order valence-corrected chi connectivity index (χ0v) is 9.24. The molecule has 4 N–H and O–H groups in total. The van der Waals surface area contributed by atoms with Crippen LogP contribution >= 0.6 is 0 Å². The Kier molecular flexibility index (Phi) is 5.15. The highest BCUT2D eigenvalue weighted by atomic mass is 16.1. The van der Waals surface area contributed by atoms with Gasteiger partial charge in [-0.2, -0.15) is 0 Å². The summed E-state index contributed by atoms with van der Waals surface area (Å²) in [5.41, 5.74) is 10.9. The molecule has 0 radical (unpaired) electrons. The van der Waals surface area contributed by atoms with Crippen LogP contribution < -0.4 is 11.5 Å². The number of nitrogens with two attached hydrogens (primary N) is 2. The van der Waals surface area contributed by atoms with Crippen molar-refractivity contribution in [3.8, 4) is 0 Å². The number of nitrogens with zero attached hydrogens (tertiary/aromatic N) is 1. The van der Waals surface area contributed by atoms with Gasteiger partial charge in [0.15, 0.2) is 0 Å². The number of aliphatic imine (C=N–C) groups is 1. The average molecular weight is 211 g/mol. The van der Waals surface area contributed by atoms with Crippen molar-refractivity contribution >= 4 is 11.7 Å². The molecule has 1 amide bonds. The lowest BCUT2D eigenvalue weighted by molar-refractivity contribution is -0.118. The van der Waals surface area contributed by atoms with Crippen molar-refractivity contribution in [2.75, 3.05) is 6.54 Å². The summed E-state index contributed by atoms with van der Waals surface area (Å²) in [5, 5.41) is 0. The Hall–Kier alpha value is -1.06. The number of hydrogen-bond acceptors (Lipinski definition) is 2. The van der Waals surface area contributed by atoms with Crippen LogP contribution in [0, 0.1) is 5.92 Å². The predicted molar refractivity (Wildman–Crippen MR) is 61.5 cm³/mol. The molecule has 1 fully saturated rings. The largest absolute Gasteiger partial charge is 0.387 e. The Morgan fingerprint density at radius 1 is 1.20 bits per heavy atom. The Labute approximate surface area is 91.1 Å². The van der Waals surface area contributed by atoms with Gasteiger partial charge in [0.2, 0.25) is 5.91 Å². The van der Waals surface area contributed by atoms with Crippen molar-refractivity contribution in [3.63, 3.8) is 0 Å². The van der Waals surface area contributed by atoms with Gasteiger partial charge in [-0.15, -0.1) is 0 Å². The molecular weight excluding hydrogens is 190 g/mol. The average Bonchev–Trinajstić information content (AvgIpc) is 2.25. The molecule has 1 aliphatic carbocycles. The maximum absolute atomic E-state index is 10.5. The van der Waals surface area contributed by atoms with E-state index in [-0.39, 0.29) is 5.91 Å². The van der Waals surface area contributed by atoms with E-state index in [1.54, 1.807) is 0 Å². The molecule has 1 aliphatic rings. The standard InChI is InChI=1S/C11H21N3O/c12-10(15)7-4-8-14-11(13)9-5-2-1-3-6-9/h9H,1-8H2,(H2,12,15)(H2,13,14). The summed E-state index contributed by atoms with van der Waals surface area (Å²) < 4.78 is 0. The van der Waals surface area contributed by atoms with Crippen molar-refractivity contribution in [2.24, 2.45) is 22.4 Å². The fraction of sp³-hybridized carbons (Fsp3) is 0.818. The van der Waals surface area contributed by atoms with Crippen LogP contribution in [0.15, 0.2) is 4.99 Å². The highest BCUT2D eigenvalue weighted by molar-refractivity contribution is 5.82. The second kappa shape index (κ2) is 6.43. The molecule has 0 saturated heterocycles. The second-order valence-electron chi connectivity index (χ2n) is 4.21. The molecule has 0 bridgehead atoms. The van der Waals surface area contributed by atoms with Gasteiger partial charge in [0, 0.05) is 18.9 Å². The van der Waals surface area contributed by atoms with Crippen molar-refractivity contribution in [1.29, 1.82) is 0 Å². The first-order valence-electron chi connectivity index (χ1n) is 5.78. The van der Waals surface area contributed by atoms with E-state index in [2.05, 4.69) is 4.99 Å². The highest BCUT2D eigenvalue weighted by Gasteiger charge is 2.16. The fourth-order valence-electron chi connectivity index (χ4n) is 1.99. The number of carbonyl (C=O) groups is 1. The van der Waals surface area contributed by atoms with Crippen LogP contribution in [0.3, 0.4) is 0 Å². The van der Waals surface area contributed by atoms with E-state index in [9.17, 15) is 4.79 Å². The van der Waals surface area contributed by atoms with Crippen LogP contribution in [0.1, 0.15) is 44.9 Å². The Morgan fingerprint density at radius 3 is 2.47 bits per heavy atom. The lowest BCUT2D eigenvalue weighted by atomic mass is 9.88. The lowest BCUT2D eigenvalue weighted by Gasteiger charge is -2.20. The van der Waals surface area contributed by atoms with Gasteiger partial charge in [0.05, 0.1) is 5.84 Å². The van der Waals surface area contributed by atoms with Crippen LogP contribution in [0.5, 0.6) is 0 Å². The SMILES string of the molecule is NC(=O)CCCN=C(N)C1CCCCC1. The number of amides is 1. The van der Waals surface area contributed by atoms with Crippen molar-refractivity contribution in [2.45, 2.75) is 44.9 Å². The first kappa shape index (κ1) is 12.0. The summed E-state index contributed by atoms with van der Waals surface area (Å²) in [4.78, 5) is 14.8. The third-order valence-corrected chi connectivity index (χ3v) is 2.90. The van der Waals surface area contributed by atoms with E-state index >= 15 is 0 Å². The summed E-state index contributed by atoms with van der Waals surface area (Å²) in [7, 11) is 0. The molecule has 0 aliphatic heterocycles. The van der Waals surface area contributed by atoms with Crippen LogP contribution in [-0.2, 0) is 4.79 Å². The number of hydrogen-bond donors (Lipinski definition) is 2. The molecule has 1 saturated carbocycles. The molecule has 4 heteroatoms. The van der Waals surface area contributed by atoms with Crippen molar-refractivity contribution in [1.82, 2.24) is 0 Å². The van der Waals surface area contributed by atoms with E-state index in [0.29, 0.717) is 25.3 Å². The van der Waals surface area contributed by atoms with E-state index in [1.165, 1.54) is 32.1 Å². The molecule has 1 rings (SSSR count). The molecule has 0 heterocycles. The Morgan fingerprint density at radius 2 is 1.87 bits per heavy atom. The van der Waals surface area contributed by atoms with Gasteiger partial charge < -0.3 is 11.5 Å². The summed E-state index contributed by atoms with van der Waals surface area (Å²) in [6.07, 6.45) is 7.32. The lowest BCUT2D eigenvalue weighted by Crippen LogP contribution is -2.26. The molecule has 15 heavy (non-hydrogen) atoms. The maximum Gasteiger partial charge on any atom is 0.217 e. The molecule has 0 aromatic rings. The minimum absolute atomic E-state index is 0.263. The van der Waals surface area contributed by atoms with E-state index in [1.807, 2.05) is 0 Å². The van der Waals surface area contributed by atoms with E-state index in [0.717, 1.165) is 5.84 Å². The normalized spacial score (nSPS) is 19.1. The first-order chi connectivity index (χ1) is 7.20. The second-order valence-corrected chi connectivity index (χ2v) is 4.21. The van der Waals surface area contributed by atoms with Gasteiger partial charge in [-0.1, -0.05) is 19.3 Å². The zero-order valence-electron chi connectivity index (χ0n) is 9.24. The smallest absolute Gasteiger partial charge is 0.217 e. The number of amidine groups is 1. The zero-order chi connectivity index (χ0) is 11.1.